The number of sulfonamides is 1. The van der Waals surface area contributed by atoms with Gasteiger partial charge in [-0.1, -0.05) is 48.1 Å². The lowest BCUT2D eigenvalue weighted by molar-refractivity contribution is 0.102. The van der Waals surface area contributed by atoms with Gasteiger partial charge in [0.25, 0.3) is 15.9 Å². The number of aryl methyl sites for hydroxylation is 1. The van der Waals surface area contributed by atoms with Gasteiger partial charge in [0.2, 0.25) is 9.47 Å². The Morgan fingerprint density at radius 2 is 1.94 bits per heavy atom. The molecule has 2 aromatic carbocycles. The molecule has 8 nitrogen and oxygen atoms in total. The van der Waals surface area contributed by atoms with E-state index >= 15 is 0 Å². The number of piperidine rings is 1. The Bertz CT molecular complexity index is 1260. The first-order chi connectivity index (χ1) is 16.2. The third kappa shape index (κ3) is 5.81. The molecule has 0 bridgehead atoms. The van der Waals surface area contributed by atoms with Crippen LogP contribution in [0.1, 0.15) is 54.2 Å². The third-order valence-corrected chi connectivity index (χ3v) is 8.63. The van der Waals surface area contributed by atoms with Crippen LogP contribution in [0.4, 0.5) is 10.8 Å². The number of hydrogen-bond acceptors (Lipinski definition) is 7. The quantitative estimate of drug-likeness (QED) is 0.468. The minimum atomic E-state index is -3.90. The van der Waals surface area contributed by atoms with E-state index in [4.69, 9.17) is 0 Å². The standard InChI is InChI=1S/C24H29N5O3S2/c1-16-6-4-8-20(14-16)22(30)25-23-26-27-24(33-23)34(31,32)28-18(3)19-9-11-21(12-10-19)29-13-5-7-17(2)15-29/h4,6,8-12,14,17-18,28H,5,7,13,15H2,1-3H3,(H,25,26,30)/t17-,18+/m0/s1. The van der Waals surface area contributed by atoms with Crippen molar-refractivity contribution in [1.29, 1.82) is 0 Å². The van der Waals surface area contributed by atoms with Crippen LogP contribution < -0.4 is 14.9 Å². The summed E-state index contributed by atoms with van der Waals surface area (Å²) >= 11 is 0.814. The Labute approximate surface area is 204 Å². The number of nitrogens with one attached hydrogen (secondary N) is 2. The number of aromatic nitrogens is 2. The van der Waals surface area contributed by atoms with Crippen molar-refractivity contribution in [1.82, 2.24) is 14.9 Å². The zero-order valence-electron chi connectivity index (χ0n) is 19.5. The van der Waals surface area contributed by atoms with Crippen LogP contribution in [0.25, 0.3) is 0 Å². The fraction of sp³-hybridized carbons (Fsp3) is 0.375. The van der Waals surface area contributed by atoms with E-state index < -0.39 is 16.1 Å². The van der Waals surface area contributed by atoms with Gasteiger partial charge in [0, 0.05) is 30.4 Å². The second-order valence-electron chi connectivity index (χ2n) is 8.82. The third-order valence-electron chi connectivity index (χ3n) is 5.88. The molecule has 1 saturated heterocycles. The highest BCUT2D eigenvalue weighted by Crippen LogP contribution is 2.26. The molecule has 0 saturated carbocycles. The maximum atomic E-state index is 12.9. The molecule has 2 N–H and O–H groups in total. The fourth-order valence-corrected chi connectivity index (χ4v) is 6.22. The SMILES string of the molecule is Cc1cccc(C(=O)Nc2nnc(S(=O)(=O)N[C@H](C)c3ccc(N4CCC[C@H](C)C4)cc3)s2)c1. The molecule has 0 unspecified atom stereocenters. The summed E-state index contributed by atoms with van der Waals surface area (Å²) in [5.41, 5.74) is 3.43. The summed E-state index contributed by atoms with van der Waals surface area (Å²) in [7, 11) is -3.90. The second-order valence-corrected chi connectivity index (χ2v) is 11.7. The monoisotopic (exact) mass is 499 g/mol. The summed E-state index contributed by atoms with van der Waals surface area (Å²) in [6.45, 7) is 8.04. The predicted molar refractivity (Wildman–Crippen MR) is 135 cm³/mol. The minimum absolute atomic E-state index is 0.125. The van der Waals surface area contributed by atoms with Gasteiger partial charge < -0.3 is 4.90 Å². The molecule has 2 heterocycles. The summed E-state index contributed by atoms with van der Waals surface area (Å²) in [5.74, 6) is 0.311. The van der Waals surface area contributed by atoms with Crippen LogP contribution in [0.2, 0.25) is 0 Å². The molecule has 4 rings (SSSR count). The van der Waals surface area contributed by atoms with E-state index in [1.807, 2.05) is 37.3 Å². The van der Waals surface area contributed by atoms with Gasteiger partial charge in [-0.3, -0.25) is 10.1 Å². The highest BCUT2D eigenvalue weighted by atomic mass is 32.2. The van der Waals surface area contributed by atoms with Crippen molar-refractivity contribution in [3.63, 3.8) is 0 Å². The van der Waals surface area contributed by atoms with E-state index in [0.29, 0.717) is 11.5 Å². The number of rotatable bonds is 7. The van der Waals surface area contributed by atoms with Gasteiger partial charge in [0.15, 0.2) is 0 Å². The highest BCUT2D eigenvalue weighted by molar-refractivity contribution is 7.91. The van der Waals surface area contributed by atoms with Gasteiger partial charge in [0.05, 0.1) is 0 Å². The van der Waals surface area contributed by atoms with E-state index in [2.05, 4.69) is 32.1 Å². The molecule has 0 spiro atoms. The van der Waals surface area contributed by atoms with E-state index in [9.17, 15) is 13.2 Å². The number of carbonyl (C=O) groups excluding carboxylic acids is 1. The number of benzene rings is 2. The van der Waals surface area contributed by atoms with Gasteiger partial charge in [0.1, 0.15) is 0 Å². The van der Waals surface area contributed by atoms with Crippen LogP contribution in [-0.2, 0) is 10.0 Å². The molecule has 0 aliphatic carbocycles. The molecule has 0 radical (unpaired) electrons. The Kier molecular flexibility index (Phi) is 7.30. The van der Waals surface area contributed by atoms with Gasteiger partial charge in [-0.15, -0.1) is 10.2 Å². The number of amides is 1. The molecule has 10 heteroatoms. The minimum Gasteiger partial charge on any atom is -0.371 e. The lowest BCUT2D eigenvalue weighted by Crippen LogP contribution is -2.34. The van der Waals surface area contributed by atoms with Crippen LogP contribution in [0.3, 0.4) is 0 Å². The molecular formula is C24H29N5O3S2. The molecule has 3 aromatic rings. The maximum absolute atomic E-state index is 12.9. The first-order valence-corrected chi connectivity index (χ1v) is 13.6. The van der Waals surface area contributed by atoms with Crippen LogP contribution in [0, 0.1) is 12.8 Å². The largest absolute Gasteiger partial charge is 0.371 e. The molecule has 1 aromatic heterocycles. The molecule has 2 atom stereocenters. The lowest BCUT2D eigenvalue weighted by atomic mass is 9.99. The van der Waals surface area contributed by atoms with Crippen molar-refractivity contribution in [2.75, 3.05) is 23.3 Å². The van der Waals surface area contributed by atoms with Crippen molar-refractivity contribution >= 4 is 38.1 Å². The summed E-state index contributed by atoms with van der Waals surface area (Å²) in [6, 6.07) is 14.6. The maximum Gasteiger partial charge on any atom is 0.270 e. The highest BCUT2D eigenvalue weighted by Gasteiger charge is 2.24. The van der Waals surface area contributed by atoms with E-state index in [1.165, 1.54) is 12.8 Å². The van der Waals surface area contributed by atoms with Crippen LogP contribution in [-0.4, -0.2) is 37.6 Å². The average Bonchev–Trinajstić information content (AvgIpc) is 3.28. The van der Waals surface area contributed by atoms with Crippen LogP contribution >= 0.6 is 11.3 Å². The zero-order valence-corrected chi connectivity index (χ0v) is 21.1. The summed E-state index contributed by atoms with van der Waals surface area (Å²) in [5, 5.41) is 10.3. The average molecular weight is 500 g/mol. The fourth-order valence-electron chi connectivity index (χ4n) is 4.07. The lowest BCUT2D eigenvalue weighted by Gasteiger charge is -2.33. The number of anilines is 2. The Morgan fingerprint density at radius 1 is 1.18 bits per heavy atom. The van der Waals surface area contributed by atoms with Gasteiger partial charge >= 0.3 is 0 Å². The second kappa shape index (κ2) is 10.2. The summed E-state index contributed by atoms with van der Waals surface area (Å²) in [6.07, 6.45) is 2.45. The molecule has 1 aliphatic heterocycles. The molecule has 1 aliphatic rings. The Hall–Kier alpha value is -2.82. The van der Waals surface area contributed by atoms with Gasteiger partial charge in [-0.2, -0.15) is 0 Å². The number of hydrogen-bond donors (Lipinski definition) is 2. The van der Waals surface area contributed by atoms with E-state index in [-0.39, 0.29) is 15.4 Å². The van der Waals surface area contributed by atoms with Gasteiger partial charge in [-0.05, 0) is 62.4 Å². The van der Waals surface area contributed by atoms with E-state index in [0.717, 1.165) is 41.2 Å². The summed E-state index contributed by atoms with van der Waals surface area (Å²) < 4.78 is 28.2. The van der Waals surface area contributed by atoms with Crippen molar-refractivity contribution < 1.29 is 13.2 Å². The molecule has 34 heavy (non-hydrogen) atoms. The number of carbonyl (C=O) groups is 1. The van der Waals surface area contributed by atoms with Crippen molar-refractivity contribution in [2.24, 2.45) is 5.92 Å². The first-order valence-electron chi connectivity index (χ1n) is 11.3. The molecular weight excluding hydrogens is 470 g/mol. The number of nitrogens with zero attached hydrogens (tertiary/aromatic N) is 3. The normalized spacial score (nSPS) is 17.4. The summed E-state index contributed by atoms with van der Waals surface area (Å²) in [4.78, 5) is 14.8. The predicted octanol–water partition coefficient (Wildman–Crippen LogP) is 4.37. The first kappa shape index (κ1) is 24.3. The van der Waals surface area contributed by atoms with Crippen LogP contribution in [0.5, 0.6) is 0 Å². The molecule has 1 fully saturated rings. The topological polar surface area (TPSA) is 104 Å². The Balaban J connectivity index is 1.40. The van der Waals surface area contributed by atoms with Crippen molar-refractivity contribution in [2.45, 2.75) is 44.0 Å². The van der Waals surface area contributed by atoms with Crippen molar-refractivity contribution in [3.05, 3.63) is 65.2 Å². The molecule has 1 amide bonds. The molecule has 180 valence electrons. The zero-order chi connectivity index (χ0) is 24.3. The van der Waals surface area contributed by atoms with Crippen LogP contribution in [0.15, 0.2) is 52.9 Å². The van der Waals surface area contributed by atoms with E-state index in [1.54, 1.807) is 25.1 Å². The Morgan fingerprint density at radius 3 is 2.65 bits per heavy atom. The van der Waals surface area contributed by atoms with Crippen molar-refractivity contribution in [3.8, 4) is 0 Å². The smallest absolute Gasteiger partial charge is 0.270 e. The van der Waals surface area contributed by atoms with Gasteiger partial charge in [-0.25, -0.2) is 13.1 Å².